The Balaban J connectivity index is 2.41. The average molecular weight is 311 g/mol. The van der Waals surface area contributed by atoms with Crippen molar-refractivity contribution in [3.05, 3.63) is 35.1 Å². The number of nitrogens with zero attached hydrogens (tertiary/aromatic N) is 1. The first-order valence-corrected chi connectivity index (χ1v) is 6.40. The molecule has 0 aliphatic rings. The van der Waals surface area contributed by atoms with Crippen molar-refractivity contribution in [1.29, 1.82) is 0 Å². The van der Waals surface area contributed by atoms with E-state index in [2.05, 4.69) is 26.6 Å². The van der Waals surface area contributed by atoms with E-state index in [4.69, 9.17) is 0 Å². The second kappa shape index (κ2) is 4.98. The summed E-state index contributed by atoms with van der Waals surface area (Å²) in [6, 6.07) is 4.73. The summed E-state index contributed by atoms with van der Waals surface area (Å²) in [5, 5.41) is 0. The van der Waals surface area contributed by atoms with E-state index >= 15 is 0 Å². The molecule has 2 aromatic heterocycles. The van der Waals surface area contributed by atoms with E-state index in [0.29, 0.717) is 10.6 Å². The summed E-state index contributed by atoms with van der Waals surface area (Å²) >= 11 is 3.59. The van der Waals surface area contributed by atoms with Crippen LogP contribution in [0.1, 0.15) is 9.67 Å². The number of rotatable bonds is 2. The Labute approximate surface area is 110 Å². The van der Waals surface area contributed by atoms with E-state index in [9.17, 15) is 9.18 Å². The normalized spacial score (nSPS) is 10.3. The Morgan fingerprint density at radius 3 is 2.88 bits per heavy atom. The molecule has 0 fully saturated rings. The molecular weight excluding hydrogens is 304 g/mol. The summed E-state index contributed by atoms with van der Waals surface area (Å²) in [6.07, 6.45) is 1.15. The number of methoxy groups -OCH3 is 1. The van der Waals surface area contributed by atoms with Gasteiger partial charge in [0.15, 0.2) is 0 Å². The zero-order chi connectivity index (χ0) is 12.4. The number of thiophene rings is 1. The van der Waals surface area contributed by atoms with Crippen molar-refractivity contribution in [3.8, 4) is 10.6 Å². The Hall–Kier alpha value is -1.19. The van der Waals surface area contributed by atoms with Gasteiger partial charge in [0.2, 0.25) is 0 Å². The third-order valence-electron chi connectivity index (χ3n) is 2.06. The maximum atomic E-state index is 12.7. The minimum absolute atomic E-state index is 0.376. The van der Waals surface area contributed by atoms with Crippen molar-refractivity contribution in [1.82, 2.24) is 4.98 Å². The molecule has 0 atom stereocenters. The van der Waals surface area contributed by atoms with Crippen LogP contribution in [-0.2, 0) is 4.74 Å². The first-order valence-electron chi connectivity index (χ1n) is 4.65. The van der Waals surface area contributed by atoms with Crippen LogP contribution in [0.3, 0.4) is 0 Å². The monoisotopic (exact) mass is 311 g/mol. The fourth-order valence-corrected chi connectivity index (χ4v) is 3.16. The molecule has 2 aromatic rings. The van der Waals surface area contributed by atoms with Gasteiger partial charge in [0, 0.05) is 0 Å². The zero-order valence-corrected chi connectivity index (χ0v) is 11.5. The van der Waals surface area contributed by atoms with Gasteiger partial charge in [0.05, 0.1) is 0 Å². The molecule has 0 unspecified atom stereocenters. The number of hydrogen-bond acceptors (Lipinski definition) is 4. The molecule has 0 saturated carbocycles. The van der Waals surface area contributed by atoms with Crippen LogP contribution in [0.15, 0.2) is 24.4 Å². The molecule has 0 aliphatic carbocycles. The van der Waals surface area contributed by atoms with Gasteiger partial charge < -0.3 is 0 Å². The fourth-order valence-electron chi connectivity index (χ4n) is 1.27. The summed E-state index contributed by atoms with van der Waals surface area (Å²) in [4.78, 5) is 16.7. The maximum absolute atomic E-state index is 12.7. The number of esters is 1. The average Bonchev–Trinajstić information content (AvgIpc) is 2.71. The van der Waals surface area contributed by atoms with E-state index < -0.39 is 0 Å². The van der Waals surface area contributed by atoms with Crippen molar-refractivity contribution >= 4 is 38.5 Å². The summed E-state index contributed by atoms with van der Waals surface area (Å²) in [7, 11) is 1.34. The first-order chi connectivity index (χ1) is 8.11. The van der Waals surface area contributed by atoms with E-state index in [0.717, 1.165) is 15.4 Å². The molecule has 0 N–H and O–H groups in total. The molecule has 0 aromatic carbocycles. The van der Waals surface area contributed by atoms with Crippen LogP contribution in [-0.4, -0.2) is 34.9 Å². The third kappa shape index (κ3) is 2.56. The van der Waals surface area contributed by atoms with Gasteiger partial charge in [0.1, 0.15) is 0 Å². The Kier molecular flexibility index (Phi) is 3.60. The first kappa shape index (κ1) is 12.3. The van der Waals surface area contributed by atoms with Crippen molar-refractivity contribution in [2.45, 2.75) is 0 Å². The van der Waals surface area contributed by atoms with Crippen LogP contribution in [0.5, 0.6) is 0 Å². The van der Waals surface area contributed by atoms with Gasteiger partial charge >= 0.3 is 110 Å². The van der Waals surface area contributed by atoms with Crippen LogP contribution in [0, 0.1) is 5.82 Å². The number of hydrogen-bond donors (Lipinski definition) is 0. The molecule has 0 aliphatic heterocycles. The zero-order valence-electron chi connectivity index (χ0n) is 8.81. The number of aromatic nitrogens is 1. The molecule has 6 heteroatoms. The molecule has 3 nitrogen and oxygen atoms in total. The molecule has 2 radical (unpaired) electrons. The summed E-state index contributed by atoms with van der Waals surface area (Å²) < 4.78 is 18.2. The third-order valence-corrected chi connectivity index (χ3v) is 4.27. The second-order valence-corrected chi connectivity index (χ2v) is 5.24. The van der Waals surface area contributed by atoms with E-state index in [1.54, 1.807) is 6.07 Å². The van der Waals surface area contributed by atoms with Gasteiger partial charge in [-0.3, -0.25) is 0 Å². The molecule has 17 heavy (non-hydrogen) atoms. The van der Waals surface area contributed by atoms with Crippen molar-refractivity contribution in [2.24, 2.45) is 0 Å². The Bertz CT molecular complexity index is 553. The van der Waals surface area contributed by atoms with Crippen LogP contribution < -0.4 is 4.35 Å². The number of ether oxygens (including phenoxy) is 1. The number of halogens is 1. The van der Waals surface area contributed by atoms with E-state index in [1.807, 2.05) is 6.07 Å². The molecular formula is C11H7AsFNO2S. The predicted octanol–water partition coefficient (Wildman–Crippen LogP) is 1.53. The van der Waals surface area contributed by atoms with Crippen molar-refractivity contribution < 1.29 is 13.9 Å². The van der Waals surface area contributed by atoms with Crippen molar-refractivity contribution in [3.63, 3.8) is 0 Å². The summed E-state index contributed by atoms with van der Waals surface area (Å²) in [6.45, 7) is 0. The van der Waals surface area contributed by atoms with Crippen LogP contribution in [0.4, 0.5) is 4.39 Å². The van der Waals surface area contributed by atoms with E-state index in [1.165, 1.54) is 24.5 Å². The number of pyridine rings is 1. The van der Waals surface area contributed by atoms with Crippen molar-refractivity contribution in [2.75, 3.05) is 7.11 Å². The topological polar surface area (TPSA) is 39.2 Å². The standard InChI is InChI=1S/C11H7AsFNO2S/c1-16-11(15)10-7(12)4-9(17-10)8-3-2-6(13)5-14-8/h2-5H,1H3. The molecule has 0 bridgehead atoms. The number of carbonyl (C=O) groups excluding carboxylic acids is 1. The summed E-state index contributed by atoms with van der Waals surface area (Å²) in [5.41, 5.74) is 0.638. The van der Waals surface area contributed by atoms with Gasteiger partial charge in [-0.1, -0.05) is 0 Å². The molecule has 0 saturated heterocycles. The number of carbonyl (C=O) groups is 1. The van der Waals surface area contributed by atoms with Gasteiger partial charge in [-0.05, 0) is 0 Å². The molecule has 0 amide bonds. The summed E-state index contributed by atoms with van der Waals surface area (Å²) in [5.74, 6) is -0.759. The fraction of sp³-hybridized carbons (Fsp3) is 0.0909. The predicted molar refractivity (Wildman–Crippen MR) is 64.2 cm³/mol. The van der Waals surface area contributed by atoms with Gasteiger partial charge in [0.25, 0.3) is 0 Å². The minimum atomic E-state index is -0.383. The van der Waals surface area contributed by atoms with E-state index in [-0.39, 0.29) is 11.8 Å². The molecule has 2 heterocycles. The molecule has 0 spiro atoms. The quantitative estimate of drug-likeness (QED) is 0.624. The Morgan fingerprint density at radius 2 is 2.29 bits per heavy atom. The SMILES string of the molecule is COC(=O)c1sc(-c2ccc(F)cn2)cc1[As]. The molecule has 2 rings (SSSR count). The van der Waals surface area contributed by atoms with Gasteiger partial charge in [-0.15, -0.1) is 0 Å². The van der Waals surface area contributed by atoms with Crippen LogP contribution in [0.2, 0.25) is 0 Å². The molecule has 86 valence electrons. The van der Waals surface area contributed by atoms with Crippen LogP contribution in [0.25, 0.3) is 10.6 Å². The van der Waals surface area contributed by atoms with Gasteiger partial charge in [-0.25, -0.2) is 0 Å². The van der Waals surface area contributed by atoms with Crippen LogP contribution >= 0.6 is 11.3 Å². The Morgan fingerprint density at radius 1 is 1.53 bits per heavy atom. The van der Waals surface area contributed by atoms with Gasteiger partial charge in [-0.2, -0.15) is 0 Å². The second-order valence-electron chi connectivity index (χ2n) is 3.18.